The second-order valence-corrected chi connectivity index (χ2v) is 17.4. The third kappa shape index (κ3) is 48.5. The molecule has 0 aliphatic carbocycles. The highest BCUT2D eigenvalue weighted by Crippen LogP contribution is 2.43. The first-order chi connectivity index (χ1) is 30.4. The average Bonchev–Trinajstić information content (AvgIpc) is 3.26. The fraction of sp³-hybridized carbons (Fsp3) is 0.679. The van der Waals surface area contributed by atoms with E-state index in [1.165, 1.54) is 77.0 Å². The van der Waals surface area contributed by atoms with E-state index in [2.05, 4.69) is 111 Å². The van der Waals surface area contributed by atoms with Gasteiger partial charge in [-0.1, -0.05) is 188 Å². The summed E-state index contributed by atoms with van der Waals surface area (Å²) in [6.45, 7) is 4.73. The molecule has 2 atom stereocenters. The van der Waals surface area contributed by atoms with Crippen LogP contribution in [0.15, 0.2) is 97.2 Å². The molecule has 0 saturated heterocycles. The van der Waals surface area contributed by atoms with Crippen molar-refractivity contribution in [3.63, 3.8) is 0 Å². The number of carbonyl (C=O) groups is 1. The summed E-state index contributed by atoms with van der Waals surface area (Å²) in [5.74, 6) is -0.349. The molecule has 0 bridgehead atoms. The van der Waals surface area contributed by atoms with Gasteiger partial charge in [-0.05, 0) is 96.3 Å². The van der Waals surface area contributed by atoms with Crippen LogP contribution in [-0.4, -0.2) is 49.9 Å². The van der Waals surface area contributed by atoms with Crippen molar-refractivity contribution in [3.8, 4) is 0 Å². The number of nitrogens with two attached hydrogens (primary N) is 1. The Labute approximate surface area is 380 Å². The summed E-state index contributed by atoms with van der Waals surface area (Å²) in [6, 6.07) is 0. The van der Waals surface area contributed by atoms with Gasteiger partial charge in [0.15, 0.2) is 0 Å². The van der Waals surface area contributed by atoms with E-state index < -0.39 is 13.9 Å². The van der Waals surface area contributed by atoms with Crippen LogP contribution >= 0.6 is 7.82 Å². The van der Waals surface area contributed by atoms with Gasteiger partial charge in [-0.25, -0.2) is 4.57 Å². The predicted octanol–water partition coefficient (Wildman–Crippen LogP) is 15.4. The molecule has 2 unspecified atom stereocenters. The van der Waals surface area contributed by atoms with Crippen molar-refractivity contribution in [2.24, 2.45) is 5.73 Å². The lowest BCUT2D eigenvalue weighted by atomic mass is 10.1. The Morgan fingerprint density at radius 2 is 0.903 bits per heavy atom. The van der Waals surface area contributed by atoms with Crippen LogP contribution in [0.2, 0.25) is 0 Å². The van der Waals surface area contributed by atoms with Gasteiger partial charge in [0.25, 0.3) is 0 Å². The van der Waals surface area contributed by atoms with Crippen LogP contribution in [0.5, 0.6) is 0 Å². The van der Waals surface area contributed by atoms with Crippen molar-refractivity contribution in [3.05, 3.63) is 97.2 Å². The van der Waals surface area contributed by atoms with E-state index in [0.717, 1.165) is 96.3 Å². The van der Waals surface area contributed by atoms with Gasteiger partial charge in [0, 0.05) is 19.6 Å². The largest absolute Gasteiger partial charge is 0.472 e. The zero-order valence-corrected chi connectivity index (χ0v) is 40.5. The summed E-state index contributed by atoms with van der Waals surface area (Å²) < 4.78 is 33.5. The van der Waals surface area contributed by atoms with E-state index in [-0.39, 0.29) is 32.3 Å². The summed E-state index contributed by atoms with van der Waals surface area (Å²) in [4.78, 5) is 22.6. The molecule has 0 spiro atoms. The molecule has 0 amide bonds. The van der Waals surface area contributed by atoms with Crippen molar-refractivity contribution in [1.82, 2.24) is 0 Å². The number of phosphoric acid groups is 1. The number of hydrogen-bond acceptors (Lipinski definition) is 7. The van der Waals surface area contributed by atoms with Crippen LogP contribution in [0.1, 0.15) is 194 Å². The topological polar surface area (TPSA) is 117 Å². The Kier molecular flexibility index (Phi) is 47.4. The fourth-order valence-corrected chi connectivity index (χ4v) is 7.15. The van der Waals surface area contributed by atoms with E-state index in [1.807, 2.05) is 0 Å². The number of esters is 1. The number of phosphoric ester groups is 1. The van der Waals surface area contributed by atoms with Crippen molar-refractivity contribution < 1.29 is 32.8 Å². The van der Waals surface area contributed by atoms with Crippen LogP contribution in [0.4, 0.5) is 0 Å². The second kappa shape index (κ2) is 49.4. The number of rotatable bonds is 46. The third-order valence-electron chi connectivity index (χ3n) is 9.99. The van der Waals surface area contributed by atoms with Crippen molar-refractivity contribution in [2.75, 3.05) is 33.0 Å². The van der Waals surface area contributed by atoms with Gasteiger partial charge in [-0.3, -0.25) is 13.8 Å². The summed E-state index contributed by atoms with van der Waals surface area (Å²) in [7, 11) is -4.30. The lowest BCUT2D eigenvalue weighted by Crippen LogP contribution is -2.28. The fourth-order valence-electron chi connectivity index (χ4n) is 6.38. The van der Waals surface area contributed by atoms with E-state index in [4.69, 9.17) is 24.3 Å². The van der Waals surface area contributed by atoms with Crippen LogP contribution < -0.4 is 5.73 Å². The van der Waals surface area contributed by atoms with Crippen LogP contribution in [0, 0.1) is 0 Å². The molecule has 0 saturated carbocycles. The van der Waals surface area contributed by atoms with Crippen molar-refractivity contribution in [2.45, 2.75) is 200 Å². The first-order valence-electron chi connectivity index (χ1n) is 24.7. The number of allylic oxidation sites excluding steroid dienone is 16. The maximum atomic E-state index is 12.6. The van der Waals surface area contributed by atoms with Crippen molar-refractivity contribution >= 4 is 13.8 Å². The molecule has 0 aromatic heterocycles. The molecule has 0 rings (SSSR count). The number of carbonyl (C=O) groups excluding carboxylic acids is 1. The molecule has 0 radical (unpaired) electrons. The molecular formula is C53H92NO7P. The van der Waals surface area contributed by atoms with Crippen LogP contribution in [0.25, 0.3) is 0 Å². The monoisotopic (exact) mass is 886 g/mol. The molecule has 9 heteroatoms. The average molecular weight is 886 g/mol. The standard InChI is InChI=1S/C53H92NO7P/c1-3-5-7-9-11-13-15-17-19-21-23-24-25-26-27-29-31-33-35-37-39-41-43-45-48-58-50-52(51-60-62(56,57)59-49-47-54)61-53(55)46-44-42-40-38-36-34-32-30-28-22-20-18-16-14-12-10-8-6-4-2/h5,7,11-14,17-20,23-24,26-28,30,52H,3-4,6,8-10,15-16,21-22,25,29,31-51,54H2,1-2H3,(H,56,57)/b7-5-,13-11-,14-12-,19-17-,20-18-,24-23-,27-26-,30-28-. The molecular weight excluding hydrogens is 794 g/mol. The Balaban J connectivity index is 4.04. The predicted molar refractivity (Wildman–Crippen MR) is 265 cm³/mol. The van der Waals surface area contributed by atoms with Crippen LogP contribution in [0.3, 0.4) is 0 Å². The minimum atomic E-state index is -4.30. The zero-order valence-electron chi connectivity index (χ0n) is 39.6. The number of hydrogen-bond donors (Lipinski definition) is 2. The van der Waals surface area contributed by atoms with Crippen molar-refractivity contribution in [1.29, 1.82) is 0 Å². The summed E-state index contributed by atoms with van der Waals surface area (Å²) >= 11 is 0. The summed E-state index contributed by atoms with van der Waals surface area (Å²) in [6.07, 6.45) is 65.7. The van der Waals surface area contributed by atoms with Gasteiger partial charge >= 0.3 is 13.8 Å². The minimum absolute atomic E-state index is 0.0911. The van der Waals surface area contributed by atoms with Gasteiger partial charge < -0.3 is 20.1 Å². The quantitative estimate of drug-likeness (QED) is 0.0269. The highest BCUT2D eigenvalue weighted by atomic mass is 31.2. The smallest absolute Gasteiger partial charge is 0.457 e. The van der Waals surface area contributed by atoms with E-state index in [1.54, 1.807) is 0 Å². The Morgan fingerprint density at radius 3 is 1.35 bits per heavy atom. The molecule has 0 heterocycles. The highest BCUT2D eigenvalue weighted by Gasteiger charge is 2.25. The first kappa shape index (κ1) is 59.4. The molecule has 3 N–H and O–H groups in total. The first-order valence-corrected chi connectivity index (χ1v) is 26.2. The van der Waals surface area contributed by atoms with E-state index in [9.17, 15) is 14.3 Å². The number of unbranched alkanes of at least 4 members (excludes halogenated alkanes) is 17. The molecule has 0 aliphatic rings. The Hall–Kier alpha value is -2.58. The van der Waals surface area contributed by atoms with Gasteiger partial charge in [-0.2, -0.15) is 0 Å². The Morgan fingerprint density at radius 1 is 0.500 bits per heavy atom. The van der Waals surface area contributed by atoms with Gasteiger partial charge in [0.2, 0.25) is 0 Å². The highest BCUT2D eigenvalue weighted by molar-refractivity contribution is 7.47. The molecule has 356 valence electrons. The summed E-state index contributed by atoms with van der Waals surface area (Å²) in [5, 5.41) is 0. The molecule has 8 nitrogen and oxygen atoms in total. The maximum Gasteiger partial charge on any atom is 0.472 e. The Bertz CT molecular complexity index is 1270. The lowest BCUT2D eigenvalue weighted by molar-refractivity contribution is -0.154. The maximum absolute atomic E-state index is 12.6. The van der Waals surface area contributed by atoms with E-state index >= 15 is 0 Å². The van der Waals surface area contributed by atoms with Gasteiger partial charge in [0.05, 0.1) is 19.8 Å². The molecule has 0 aliphatic heterocycles. The molecule has 0 aromatic carbocycles. The van der Waals surface area contributed by atoms with E-state index in [0.29, 0.717) is 13.0 Å². The second-order valence-electron chi connectivity index (χ2n) is 15.9. The lowest BCUT2D eigenvalue weighted by Gasteiger charge is -2.20. The van der Waals surface area contributed by atoms with Crippen LogP contribution in [-0.2, 0) is 27.9 Å². The summed E-state index contributed by atoms with van der Waals surface area (Å²) in [5.41, 5.74) is 5.38. The van der Waals surface area contributed by atoms with Gasteiger partial charge in [-0.15, -0.1) is 0 Å². The molecule has 0 aromatic rings. The normalized spacial score (nSPS) is 14.2. The van der Waals surface area contributed by atoms with Gasteiger partial charge in [0.1, 0.15) is 6.10 Å². The zero-order chi connectivity index (χ0) is 45.1. The SMILES string of the molecule is CC/C=C\C/C=C\C/C=C\C/C=C\C/C=C\CCCCCCCCCCOCC(COP(=O)(O)OCCN)OC(=O)CCCCCCCC/C=C\C/C=C\C/C=C\CCCCC. The molecule has 0 fully saturated rings. The minimum Gasteiger partial charge on any atom is -0.457 e. The third-order valence-corrected chi connectivity index (χ3v) is 11.0. The number of ether oxygens (including phenoxy) is 2. The molecule has 62 heavy (non-hydrogen) atoms.